The SMILES string of the molecule is CO/C(C)=C(/C#N)CCCc1ccccc1C(F)(F)F. The van der Waals surface area contributed by atoms with Crippen LogP contribution in [0.1, 0.15) is 30.9 Å². The molecule has 1 aromatic rings. The van der Waals surface area contributed by atoms with Gasteiger partial charge in [0.2, 0.25) is 0 Å². The third-order valence-electron chi connectivity index (χ3n) is 3.06. The van der Waals surface area contributed by atoms with Gasteiger partial charge in [-0.15, -0.1) is 0 Å². The summed E-state index contributed by atoms with van der Waals surface area (Å²) in [6.07, 6.45) is -3.19. The molecular formula is C15H16F3NO. The quantitative estimate of drug-likeness (QED) is 0.590. The fraction of sp³-hybridized carbons (Fsp3) is 0.400. The highest BCUT2D eigenvalue weighted by molar-refractivity contribution is 5.30. The van der Waals surface area contributed by atoms with Crippen molar-refractivity contribution in [2.24, 2.45) is 0 Å². The Morgan fingerprint density at radius 2 is 1.95 bits per heavy atom. The highest BCUT2D eigenvalue weighted by atomic mass is 19.4. The summed E-state index contributed by atoms with van der Waals surface area (Å²) in [7, 11) is 1.46. The average Bonchev–Trinajstić information content (AvgIpc) is 2.42. The Labute approximate surface area is 116 Å². The number of hydrogen-bond donors (Lipinski definition) is 0. The van der Waals surface area contributed by atoms with Gasteiger partial charge in [0.1, 0.15) is 5.76 Å². The molecule has 0 bridgehead atoms. The van der Waals surface area contributed by atoms with E-state index >= 15 is 0 Å². The summed E-state index contributed by atoms with van der Waals surface area (Å²) in [5.74, 6) is 0.511. The van der Waals surface area contributed by atoms with Crippen molar-refractivity contribution in [3.8, 4) is 6.07 Å². The Morgan fingerprint density at radius 1 is 1.30 bits per heavy atom. The lowest BCUT2D eigenvalue weighted by molar-refractivity contribution is -0.138. The van der Waals surface area contributed by atoms with Gasteiger partial charge in [-0.1, -0.05) is 18.2 Å². The summed E-state index contributed by atoms with van der Waals surface area (Å²) in [5, 5.41) is 8.94. The number of aryl methyl sites for hydroxylation is 1. The molecule has 5 heteroatoms. The van der Waals surface area contributed by atoms with Gasteiger partial charge in [0.25, 0.3) is 0 Å². The number of allylic oxidation sites excluding steroid dienone is 2. The van der Waals surface area contributed by atoms with E-state index in [1.54, 1.807) is 13.0 Å². The second-order valence-corrected chi connectivity index (χ2v) is 4.36. The van der Waals surface area contributed by atoms with E-state index in [9.17, 15) is 13.2 Å². The number of rotatable bonds is 5. The number of alkyl halides is 3. The van der Waals surface area contributed by atoms with Crippen LogP contribution >= 0.6 is 0 Å². The van der Waals surface area contributed by atoms with E-state index in [4.69, 9.17) is 10.00 Å². The van der Waals surface area contributed by atoms with Crippen molar-refractivity contribution in [1.29, 1.82) is 5.26 Å². The molecule has 0 fully saturated rings. The summed E-state index contributed by atoms with van der Waals surface area (Å²) in [6, 6.07) is 7.54. The van der Waals surface area contributed by atoms with E-state index in [-0.39, 0.29) is 12.0 Å². The van der Waals surface area contributed by atoms with Crippen LogP contribution in [0.2, 0.25) is 0 Å². The van der Waals surface area contributed by atoms with Gasteiger partial charge in [-0.2, -0.15) is 18.4 Å². The van der Waals surface area contributed by atoms with E-state index in [2.05, 4.69) is 0 Å². The molecule has 0 saturated heterocycles. The Morgan fingerprint density at radius 3 is 2.50 bits per heavy atom. The van der Waals surface area contributed by atoms with Crippen LogP contribution in [0.5, 0.6) is 0 Å². The Balaban J connectivity index is 2.75. The van der Waals surface area contributed by atoms with Crippen LogP contribution in [0.25, 0.3) is 0 Å². The minimum Gasteiger partial charge on any atom is -0.500 e. The smallest absolute Gasteiger partial charge is 0.416 e. The molecule has 0 saturated carbocycles. The molecule has 0 atom stereocenters. The minimum atomic E-state index is -4.34. The molecule has 0 aromatic heterocycles. The molecule has 2 nitrogen and oxygen atoms in total. The maximum Gasteiger partial charge on any atom is 0.416 e. The standard InChI is InChI=1S/C15H16F3NO/c1-11(20-2)13(10-19)8-5-7-12-6-3-4-9-14(12)15(16,17)18/h3-4,6,9H,5,7-8H2,1-2H3/b13-11+. The van der Waals surface area contributed by atoms with Gasteiger partial charge >= 0.3 is 6.18 Å². The fourth-order valence-electron chi connectivity index (χ4n) is 1.90. The Bertz CT molecular complexity index is 527. The fourth-order valence-corrected chi connectivity index (χ4v) is 1.90. The summed E-state index contributed by atoms with van der Waals surface area (Å²) < 4.78 is 43.4. The molecule has 1 aromatic carbocycles. The molecule has 0 radical (unpaired) electrons. The molecule has 0 N–H and O–H groups in total. The van der Waals surface area contributed by atoms with Crippen molar-refractivity contribution >= 4 is 0 Å². The van der Waals surface area contributed by atoms with Crippen LogP contribution in [0, 0.1) is 11.3 Å². The maximum atomic E-state index is 12.8. The van der Waals surface area contributed by atoms with Gasteiger partial charge in [0, 0.05) is 0 Å². The van der Waals surface area contributed by atoms with E-state index < -0.39 is 11.7 Å². The molecule has 0 amide bonds. The van der Waals surface area contributed by atoms with E-state index in [1.165, 1.54) is 19.2 Å². The van der Waals surface area contributed by atoms with E-state index in [1.807, 2.05) is 6.07 Å². The monoisotopic (exact) mass is 283 g/mol. The van der Waals surface area contributed by atoms with Crippen molar-refractivity contribution in [2.45, 2.75) is 32.4 Å². The topological polar surface area (TPSA) is 33.0 Å². The van der Waals surface area contributed by atoms with Crippen molar-refractivity contribution < 1.29 is 17.9 Å². The number of halogens is 3. The second-order valence-electron chi connectivity index (χ2n) is 4.36. The van der Waals surface area contributed by atoms with Gasteiger partial charge in [0.15, 0.2) is 0 Å². The van der Waals surface area contributed by atoms with Gasteiger partial charge < -0.3 is 4.74 Å². The van der Waals surface area contributed by atoms with Crippen molar-refractivity contribution in [3.63, 3.8) is 0 Å². The van der Waals surface area contributed by atoms with Gasteiger partial charge in [-0.25, -0.2) is 0 Å². The number of hydrogen-bond acceptors (Lipinski definition) is 2. The van der Waals surface area contributed by atoms with Crippen LogP contribution in [0.15, 0.2) is 35.6 Å². The van der Waals surface area contributed by atoms with E-state index in [0.29, 0.717) is 24.2 Å². The molecule has 0 spiro atoms. The van der Waals surface area contributed by atoms with E-state index in [0.717, 1.165) is 6.07 Å². The number of benzene rings is 1. The molecule has 0 aliphatic heterocycles. The maximum absolute atomic E-state index is 12.8. The molecule has 20 heavy (non-hydrogen) atoms. The second kappa shape index (κ2) is 6.99. The zero-order valence-electron chi connectivity index (χ0n) is 11.4. The zero-order valence-corrected chi connectivity index (χ0v) is 11.4. The van der Waals surface area contributed by atoms with Gasteiger partial charge in [0.05, 0.1) is 24.3 Å². The third kappa shape index (κ3) is 4.30. The highest BCUT2D eigenvalue weighted by Gasteiger charge is 2.32. The average molecular weight is 283 g/mol. The predicted molar refractivity (Wildman–Crippen MR) is 69.7 cm³/mol. The van der Waals surface area contributed by atoms with Crippen LogP contribution in [0.3, 0.4) is 0 Å². The molecular weight excluding hydrogens is 267 g/mol. The molecule has 0 aliphatic carbocycles. The summed E-state index contributed by atoms with van der Waals surface area (Å²) in [6.45, 7) is 1.67. The van der Waals surface area contributed by atoms with Crippen LogP contribution < -0.4 is 0 Å². The normalized spacial score (nSPS) is 12.6. The molecule has 1 rings (SSSR count). The molecule has 108 valence electrons. The van der Waals surface area contributed by atoms with Gasteiger partial charge in [-0.05, 0) is 37.8 Å². The lowest BCUT2D eigenvalue weighted by atomic mass is 9.99. The minimum absolute atomic E-state index is 0.257. The van der Waals surface area contributed by atoms with Gasteiger partial charge in [-0.3, -0.25) is 0 Å². The van der Waals surface area contributed by atoms with Crippen molar-refractivity contribution in [3.05, 3.63) is 46.7 Å². The first-order valence-electron chi connectivity index (χ1n) is 6.19. The largest absolute Gasteiger partial charge is 0.500 e. The molecule has 0 unspecified atom stereocenters. The number of methoxy groups -OCH3 is 1. The molecule has 0 aliphatic rings. The van der Waals surface area contributed by atoms with Crippen molar-refractivity contribution in [1.82, 2.24) is 0 Å². The van der Waals surface area contributed by atoms with Crippen LogP contribution in [-0.4, -0.2) is 7.11 Å². The summed E-state index contributed by atoms with van der Waals surface area (Å²) >= 11 is 0. The Kier molecular flexibility index (Phi) is 5.63. The number of ether oxygens (including phenoxy) is 1. The number of nitrogens with zero attached hydrogens (tertiary/aromatic N) is 1. The lowest BCUT2D eigenvalue weighted by Gasteiger charge is -2.12. The number of nitriles is 1. The highest BCUT2D eigenvalue weighted by Crippen LogP contribution is 2.32. The van der Waals surface area contributed by atoms with Crippen LogP contribution in [0.4, 0.5) is 13.2 Å². The third-order valence-corrected chi connectivity index (χ3v) is 3.06. The first-order chi connectivity index (χ1) is 9.40. The Hall–Kier alpha value is -1.96. The summed E-state index contributed by atoms with van der Waals surface area (Å²) in [4.78, 5) is 0. The first-order valence-corrected chi connectivity index (χ1v) is 6.19. The predicted octanol–water partition coefficient (Wildman–Crippen LogP) is 4.47. The van der Waals surface area contributed by atoms with Crippen LogP contribution in [-0.2, 0) is 17.3 Å². The van der Waals surface area contributed by atoms with Crippen molar-refractivity contribution in [2.75, 3.05) is 7.11 Å². The zero-order chi connectivity index (χ0) is 15.2. The lowest BCUT2D eigenvalue weighted by Crippen LogP contribution is -2.09. The first kappa shape index (κ1) is 16.1. The molecule has 0 heterocycles. The summed E-state index contributed by atoms with van der Waals surface area (Å²) in [5.41, 5.74) is 0.121.